The summed E-state index contributed by atoms with van der Waals surface area (Å²) in [6.45, 7) is 8.36. The van der Waals surface area contributed by atoms with E-state index in [2.05, 4.69) is 42.2 Å². The van der Waals surface area contributed by atoms with Gasteiger partial charge in [-0.25, -0.2) is 0 Å². The van der Waals surface area contributed by atoms with Crippen LogP contribution >= 0.6 is 11.8 Å². The van der Waals surface area contributed by atoms with Gasteiger partial charge in [-0.05, 0) is 20.9 Å². The SMILES string of the molecule is C/C=C(\C)CN(C)CCn1cc(C(=O)N2CCSCC2)nn1. The van der Waals surface area contributed by atoms with Gasteiger partial charge >= 0.3 is 0 Å². The summed E-state index contributed by atoms with van der Waals surface area (Å²) in [6.07, 6.45) is 3.89. The zero-order valence-corrected chi connectivity index (χ0v) is 14.5. The van der Waals surface area contributed by atoms with Crippen LogP contribution in [0.25, 0.3) is 0 Å². The Morgan fingerprint density at radius 1 is 1.45 bits per heavy atom. The van der Waals surface area contributed by atoms with Crippen molar-refractivity contribution < 1.29 is 4.79 Å². The van der Waals surface area contributed by atoms with Crippen molar-refractivity contribution in [2.75, 3.05) is 44.7 Å². The monoisotopic (exact) mass is 323 g/mol. The minimum absolute atomic E-state index is 0.00432. The molecule has 122 valence electrons. The van der Waals surface area contributed by atoms with Crippen molar-refractivity contribution in [1.82, 2.24) is 24.8 Å². The summed E-state index contributed by atoms with van der Waals surface area (Å²) >= 11 is 1.89. The molecule has 7 heteroatoms. The molecule has 0 unspecified atom stereocenters. The van der Waals surface area contributed by atoms with Crippen molar-refractivity contribution in [3.63, 3.8) is 0 Å². The number of rotatable bonds is 6. The summed E-state index contributed by atoms with van der Waals surface area (Å²) in [6, 6.07) is 0. The highest BCUT2D eigenvalue weighted by Gasteiger charge is 2.21. The van der Waals surface area contributed by atoms with Gasteiger partial charge in [-0.1, -0.05) is 16.9 Å². The van der Waals surface area contributed by atoms with E-state index in [0.717, 1.165) is 44.2 Å². The van der Waals surface area contributed by atoms with Crippen molar-refractivity contribution in [2.45, 2.75) is 20.4 Å². The number of hydrogen-bond donors (Lipinski definition) is 0. The van der Waals surface area contributed by atoms with Crippen LogP contribution in [0.1, 0.15) is 24.3 Å². The maximum atomic E-state index is 12.3. The van der Waals surface area contributed by atoms with Crippen LogP contribution < -0.4 is 0 Å². The molecular formula is C15H25N5OS. The molecule has 0 radical (unpaired) electrons. The van der Waals surface area contributed by atoms with Gasteiger partial charge in [-0.15, -0.1) is 5.10 Å². The first kappa shape index (κ1) is 17.0. The molecule has 1 aliphatic heterocycles. The Hall–Kier alpha value is -1.34. The Morgan fingerprint density at radius 3 is 2.86 bits per heavy atom. The lowest BCUT2D eigenvalue weighted by Gasteiger charge is -2.25. The van der Waals surface area contributed by atoms with E-state index in [-0.39, 0.29) is 5.91 Å². The molecule has 22 heavy (non-hydrogen) atoms. The van der Waals surface area contributed by atoms with Crippen molar-refractivity contribution in [3.8, 4) is 0 Å². The molecule has 0 spiro atoms. The molecule has 1 amide bonds. The third kappa shape index (κ3) is 4.84. The summed E-state index contributed by atoms with van der Waals surface area (Å²) in [5.41, 5.74) is 1.80. The molecule has 1 aliphatic rings. The predicted molar refractivity (Wildman–Crippen MR) is 90.2 cm³/mol. The number of likely N-dealkylation sites (N-methyl/N-ethyl adjacent to an activating group) is 1. The molecule has 1 aromatic heterocycles. The highest BCUT2D eigenvalue weighted by molar-refractivity contribution is 7.99. The quantitative estimate of drug-likeness (QED) is 0.740. The molecule has 1 saturated heterocycles. The molecule has 0 aliphatic carbocycles. The van der Waals surface area contributed by atoms with Gasteiger partial charge in [0.15, 0.2) is 5.69 Å². The van der Waals surface area contributed by atoms with Crippen LogP contribution in [0.4, 0.5) is 0 Å². The van der Waals surface area contributed by atoms with Crippen LogP contribution in [0.5, 0.6) is 0 Å². The lowest BCUT2D eigenvalue weighted by molar-refractivity contribution is 0.0766. The van der Waals surface area contributed by atoms with E-state index in [1.807, 2.05) is 16.7 Å². The Bertz CT molecular complexity index is 522. The third-order valence-electron chi connectivity index (χ3n) is 3.78. The van der Waals surface area contributed by atoms with Crippen molar-refractivity contribution in [1.29, 1.82) is 0 Å². The van der Waals surface area contributed by atoms with E-state index in [1.54, 1.807) is 10.9 Å². The maximum absolute atomic E-state index is 12.3. The lowest BCUT2D eigenvalue weighted by Crippen LogP contribution is -2.38. The maximum Gasteiger partial charge on any atom is 0.276 e. The summed E-state index contributed by atoms with van der Waals surface area (Å²) < 4.78 is 1.76. The molecule has 0 aromatic carbocycles. The topological polar surface area (TPSA) is 54.3 Å². The van der Waals surface area contributed by atoms with E-state index in [1.165, 1.54) is 5.57 Å². The molecule has 6 nitrogen and oxygen atoms in total. The molecule has 0 atom stereocenters. The normalized spacial score (nSPS) is 16.4. The van der Waals surface area contributed by atoms with Gasteiger partial charge in [0.2, 0.25) is 0 Å². The zero-order chi connectivity index (χ0) is 15.9. The molecule has 0 N–H and O–H groups in total. The van der Waals surface area contributed by atoms with Crippen LogP contribution in [-0.2, 0) is 6.54 Å². The Labute approximate surface area is 136 Å². The standard InChI is InChI=1S/C15H25N5OS/c1-4-13(2)11-18(3)5-6-20-12-14(16-17-20)15(21)19-7-9-22-10-8-19/h4,12H,5-11H2,1-3H3/b13-4+. The zero-order valence-electron chi connectivity index (χ0n) is 13.7. The van der Waals surface area contributed by atoms with Crippen molar-refractivity contribution in [3.05, 3.63) is 23.5 Å². The van der Waals surface area contributed by atoms with Gasteiger partial charge in [0, 0.05) is 37.7 Å². The number of allylic oxidation sites excluding steroid dienone is 1. The third-order valence-corrected chi connectivity index (χ3v) is 4.72. The number of carbonyl (C=O) groups is 1. The number of aromatic nitrogens is 3. The first-order chi connectivity index (χ1) is 10.6. The van der Waals surface area contributed by atoms with Crippen LogP contribution in [0.2, 0.25) is 0 Å². The summed E-state index contributed by atoms with van der Waals surface area (Å²) in [5.74, 6) is 2.02. The first-order valence-corrected chi connectivity index (χ1v) is 8.83. The summed E-state index contributed by atoms with van der Waals surface area (Å²) in [4.78, 5) is 16.4. The van der Waals surface area contributed by atoms with Gasteiger partial charge in [-0.2, -0.15) is 11.8 Å². The lowest BCUT2D eigenvalue weighted by atomic mass is 10.3. The summed E-state index contributed by atoms with van der Waals surface area (Å²) in [5, 5.41) is 8.11. The molecule has 1 fully saturated rings. The second-order valence-corrected chi connectivity index (χ2v) is 6.87. The number of amides is 1. The Balaban J connectivity index is 1.84. The number of carbonyl (C=O) groups excluding carboxylic acids is 1. The van der Waals surface area contributed by atoms with Gasteiger partial charge in [0.1, 0.15) is 0 Å². The van der Waals surface area contributed by atoms with E-state index in [0.29, 0.717) is 5.69 Å². The number of nitrogens with zero attached hydrogens (tertiary/aromatic N) is 5. The highest BCUT2D eigenvalue weighted by atomic mass is 32.2. The minimum Gasteiger partial charge on any atom is -0.336 e. The Morgan fingerprint density at radius 2 is 2.18 bits per heavy atom. The van der Waals surface area contributed by atoms with E-state index in [4.69, 9.17) is 0 Å². The van der Waals surface area contributed by atoms with Crippen molar-refractivity contribution >= 4 is 17.7 Å². The minimum atomic E-state index is 0.00432. The Kier molecular flexibility index (Phi) is 6.45. The second-order valence-electron chi connectivity index (χ2n) is 5.64. The van der Waals surface area contributed by atoms with Gasteiger partial charge < -0.3 is 9.80 Å². The molecule has 2 rings (SSSR count). The van der Waals surface area contributed by atoms with Gasteiger partial charge in [0.25, 0.3) is 5.91 Å². The fourth-order valence-corrected chi connectivity index (χ4v) is 3.21. The van der Waals surface area contributed by atoms with Crippen molar-refractivity contribution in [2.24, 2.45) is 0 Å². The van der Waals surface area contributed by atoms with Crippen LogP contribution in [0, 0.1) is 0 Å². The average molecular weight is 323 g/mol. The molecule has 1 aromatic rings. The van der Waals surface area contributed by atoms with Crippen LogP contribution in [-0.4, -0.2) is 75.4 Å². The molecule has 0 bridgehead atoms. The molecule has 2 heterocycles. The van der Waals surface area contributed by atoms with Crippen LogP contribution in [0.15, 0.2) is 17.8 Å². The van der Waals surface area contributed by atoms with Gasteiger partial charge in [-0.3, -0.25) is 9.48 Å². The van der Waals surface area contributed by atoms with Crippen LogP contribution in [0.3, 0.4) is 0 Å². The number of thioether (sulfide) groups is 1. The predicted octanol–water partition coefficient (Wildman–Crippen LogP) is 1.37. The largest absolute Gasteiger partial charge is 0.336 e. The van der Waals surface area contributed by atoms with Gasteiger partial charge in [0.05, 0.1) is 12.7 Å². The fourth-order valence-electron chi connectivity index (χ4n) is 2.30. The van der Waals surface area contributed by atoms with E-state index < -0.39 is 0 Å². The first-order valence-electron chi connectivity index (χ1n) is 7.67. The highest BCUT2D eigenvalue weighted by Crippen LogP contribution is 2.11. The molecule has 0 saturated carbocycles. The van der Waals surface area contributed by atoms with E-state index >= 15 is 0 Å². The summed E-state index contributed by atoms with van der Waals surface area (Å²) in [7, 11) is 2.08. The van der Waals surface area contributed by atoms with E-state index in [9.17, 15) is 4.79 Å². The second kappa shape index (κ2) is 8.33. The fraction of sp³-hybridized carbons (Fsp3) is 0.667. The smallest absolute Gasteiger partial charge is 0.276 e. The molecular weight excluding hydrogens is 298 g/mol. The number of hydrogen-bond acceptors (Lipinski definition) is 5. The average Bonchev–Trinajstić information content (AvgIpc) is 3.02.